The average Bonchev–Trinajstić information content (AvgIpc) is 2.65. The molecule has 0 aliphatic carbocycles. The average molecular weight is 389 g/mol. The summed E-state index contributed by atoms with van der Waals surface area (Å²) in [6.07, 6.45) is 2.43. The summed E-state index contributed by atoms with van der Waals surface area (Å²) in [5.74, 6) is 0.995. The third-order valence-corrected chi connectivity index (χ3v) is 5.01. The maximum absolute atomic E-state index is 12.6. The number of benzene rings is 2. The number of amides is 1. The van der Waals surface area contributed by atoms with Gasteiger partial charge in [-0.1, -0.05) is 42.5 Å². The van der Waals surface area contributed by atoms with Gasteiger partial charge in [-0.25, -0.2) is 0 Å². The van der Waals surface area contributed by atoms with Gasteiger partial charge in [0.25, 0.3) is 0 Å². The van der Waals surface area contributed by atoms with Crippen LogP contribution in [0.3, 0.4) is 0 Å². The number of halogens is 1. The molecule has 0 radical (unpaired) electrons. The van der Waals surface area contributed by atoms with Gasteiger partial charge in [-0.05, 0) is 43.0 Å². The Morgan fingerprint density at radius 1 is 1.15 bits per heavy atom. The first-order valence-corrected chi connectivity index (χ1v) is 9.35. The largest absolute Gasteiger partial charge is 0.490 e. The molecule has 1 fully saturated rings. The molecule has 27 heavy (non-hydrogen) atoms. The van der Waals surface area contributed by atoms with E-state index < -0.39 is 6.04 Å². The van der Waals surface area contributed by atoms with E-state index in [4.69, 9.17) is 10.5 Å². The second kappa shape index (κ2) is 9.77. The Balaban J connectivity index is 0.00000261. The van der Waals surface area contributed by atoms with Crippen molar-refractivity contribution in [2.45, 2.75) is 45.3 Å². The van der Waals surface area contributed by atoms with Crippen LogP contribution in [0.25, 0.3) is 0 Å². The number of nitrogens with zero attached hydrogens (tertiary/aromatic N) is 1. The summed E-state index contributed by atoms with van der Waals surface area (Å²) < 4.78 is 6.18. The van der Waals surface area contributed by atoms with Gasteiger partial charge in [0.05, 0.1) is 6.04 Å². The van der Waals surface area contributed by atoms with Crippen LogP contribution in [0.2, 0.25) is 0 Å². The number of rotatable bonds is 5. The predicted molar refractivity (Wildman–Crippen MR) is 112 cm³/mol. The van der Waals surface area contributed by atoms with Crippen molar-refractivity contribution in [1.29, 1.82) is 0 Å². The van der Waals surface area contributed by atoms with Crippen molar-refractivity contribution >= 4 is 18.3 Å². The summed E-state index contributed by atoms with van der Waals surface area (Å²) in [4.78, 5) is 14.5. The zero-order valence-electron chi connectivity index (χ0n) is 16.1. The second-order valence-electron chi connectivity index (χ2n) is 7.21. The number of aryl methyl sites for hydroxylation is 2. The zero-order valence-corrected chi connectivity index (χ0v) is 16.9. The summed E-state index contributed by atoms with van der Waals surface area (Å²) in [6.45, 7) is 5.55. The van der Waals surface area contributed by atoms with Gasteiger partial charge in [-0.3, -0.25) is 4.79 Å². The number of piperidine rings is 1. The molecule has 2 aromatic rings. The Bertz CT molecular complexity index is 743. The minimum Gasteiger partial charge on any atom is -0.490 e. The molecule has 1 amide bonds. The van der Waals surface area contributed by atoms with Crippen molar-refractivity contribution < 1.29 is 9.53 Å². The molecule has 0 aromatic heterocycles. The first kappa shape index (κ1) is 21.3. The van der Waals surface area contributed by atoms with Gasteiger partial charge in [-0.2, -0.15) is 0 Å². The maximum Gasteiger partial charge on any atom is 0.239 e. The second-order valence-corrected chi connectivity index (χ2v) is 7.21. The van der Waals surface area contributed by atoms with Crippen molar-refractivity contribution in [3.63, 3.8) is 0 Å². The Morgan fingerprint density at radius 3 is 2.48 bits per heavy atom. The van der Waals surface area contributed by atoms with Crippen LogP contribution in [-0.4, -0.2) is 36.0 Å². The number of ether oxygens (including phenoxy) is 1. The van der Waals surface area contributed by atoms with Crippen molar-refractivity contribution in [1.82, 2.24) is 4.90 Å². The number of nitrogens with two attached hydrogens (primary N) is 1. The van der Waals surface area contributed by atoms with E-state index in [1.807, 2.05) is 35.2 Å². The lowest BCUT2D eigenvalue weighted by molar-refractivity contribution is -0.134. The molecular formula is C22H29ClN2O2. The quantitative estimate of drug-likeness (QED) is 0.850. The van der Waals surface area contributed by atoms with Gasteiger partial charge < -0.3 is 15.4 Å². The fourth-order valence-corrected chi connectivity index (χ4v) is 3.40. The molecule has 0 saturated carbocycles. The molecule has 2 aromatic carbocycles. The lowest BCUT2D eigenvalue weighted by atomic mass is 10.0. The van der Waals surface area contributed by atoms with E-state index in [0.717, 1.165) is 29.7 Å². The minimum atomic E-state index is -0.478. The molecule has 0 bridgehead atoms. The van der Waals surface area contributed by atoms with Gasteiger partial charge in [0.1, 0.15) is 11.9 Å². The van der Waals surface area contributed by atoms with E-state index in [9.17, 15) is 4.79 Å². The van der Waals surface area contributed by atoms with Crippen LogP contribution >= 0.6 is 12.4 Å². The Hall–Kier alpha value is -2.04. The Morgan fingerprint density at radius 2 is 1.81 bits per heavy atom. The van der Waals surface area contributed by atoms with E-state index in [0.29, 0.717) is 19.5 Å². The lowest BCUT2D eigenvalue weighted by Crippen LogP contribution is -2.49. The van der Waals surface area contributed by atoms with Crippen LogP contribution in [-0.2, 0) is 11.2 Å². The van der Waals surface area contributed by atoms with E-state index in [-0.39, 0.29) is 24.4 Å². The molecule has 3 rings (SSSR count). The Labute approximate surface area is 168 Å². The molecule has 5 heteroatoms. The van der Waals surface area contributed by atoms with Crippen LogP contribution in [0, 0.1) is 13.8 Å². The number of carbonyl (C=O) groups is 1. The van der Waals surface area contributed by atoms with E-state index in [2.05, 4.69) is 32.0 Å². The highest BCUT2D eigenvalue weighted by Gasteiger charge is 2.27. The molecule has 1 heterocycles. The van der Waals surface area contributed by atoms with E-state index in [1.165, 1.54) is 5.56 Å². The first-order chi connectivity index (χ1) is 12.5. The number of carbonyl (C=O) groups excluding carboxylic acids is 1. The number of hydrogen-bond donors (Lipinski definition) is 1. The molecule has 1 aliphatic rings. The molecule has 4 nitrogen and oxygen atoms in total. The smallest absolute Gasteiger partial charge is 0.239 e. The third kappa shape index (κ3) is 5.72. The number of likely N-dealkylation sites (tertiary alicyclic amines) is 1. The van der Waals surface area contributed by atoms with E-state index in [1.54, 1.807) is 0 Å². The fraction of sp³-hybridized carbons (Fsp3) is 0.409. The number of hydrogen-bond acceptors (Lipinski definition) is 3. The van der Waals surface area contributed by atoms with Gasteiger partial charge in [0, 0.05) is 25.9 Å². The highest BCUT2D eigenvalue weighted by molar-refractivity contribution is 5.85. The normalized spacial score (nSPS) is 15.7. The highest BCUT2D eigenvalue weighted by Crippen LogP contribution is 2.24. The molecular weight excluding hydrogens is 360 g/mol. The van der Waals surface area contributed by atoms with Crippen LogP contribution in [0.4, 0.5) is 0 Å². The topological polar surface area (TPSA) is 55.6 Å². The molecule has 1 atom stereocenters. The molecule has 1 saturated heterocycles. The van der Waals surface area contributed by atoms with Crippen molar-refractivity contribution in [2.24, 2.45) is 5.73 Å². The molecule has 0 unspecified atom stereocenters. The van der Waals surface area contributed by atoms with Crippen LogP contribution in [0.15, 0.2) is 48.5 Å². The summed E-state index contributed by atoms with van der Waals surface area (Å²) in [7, 11) is 0. The van der Waals surface area contributed by atoms with Gasteiger partial charge in [-0.15, -0.1) is 12.4 Å². The van der Waals surface area contributed by atoms with Gasteiger partial charge in [0.15, 0.2) is 0 Å². The summed E-state index contributed by atoms with van der Waals surface area (Å²) in [5, 5.41) is 0. The van der Waals surface area contributed by atoms with Crippen molar-refractivity contribution in [3.8, 4) is 5.75 Å². The van der Waals surface area contributed by atoms with Gasteiger partial charge in [0.2, 0.25) is 5.91 Å². The first-order valence-electron chi connectivity index (χ1n) is 9.35. The fourth-order valence-electron chi connectivity index (χ4n) is 3.40. The summed E-state index contributed by atoms with van der Waals surface area (Å²) in [6, 6.07) is 15.7. The lowest BCUT2D eigenvalue weighted by Gasteiger charge is -2.34. The highest BCUT2D eigenvalue weighted by atomic mass is 35.5. The van der Waals surface area contributed by atoms with Crippen LogP contribution in [0.1, 0.15) is 29.5 Å². The Kier molecular flexibility index (Phi) is 7.69. The van der Waals surface area contributed by atoms with Gasteiger partial charge >= 0.3 is 0 Å². The molecule has 146 valence electrons. The molecule has 2 N–H and O–H groups in total. The van der Waals surface area contributed by atoms with Crippen molar-refractivity contribution in [2.75, 3.05) is 13.1 Å². The summed E-state index contributed by atoms with van der Waals surface area (Å²) in [5.41, 5.74) is 9.60. The zero-order chi connectivity index (χ0) is 18.5. The minimum absolute atomic E-state index is 0. The standard InChI is InChI=1S/C22H28N2O2.ClH/c1-16-8-9-17(2)21(14-16)26-19-10-12-24(13-11-19)22(25)20(23)15-18-6-4-3-5-7-18;/h3-9,14,19-20H,10-13,15,23H2,1-2H3;1H/t20-;/m0./s1. The predicted octanol–water partition coefficient (Wildman–Crippen LogP) is 3.67. The monoisotopic (exact) mass is 388 g/mol. The van der Waals surface area contributed by atoms with Crippen molar-refractivity contribution in [3.05, 3.63) is 65.2 Å². The summed E-state index contributed by atoms with van der Waals surface area (Å²) >= 11 is 0. The van der Waals surface area contributed by atoms with E-state index >= 15 is 0 Å². The van der Waals surface area contributed by atoms with Crippen LogP contribution in [0.5, 0.6) is 5.75 Å². The maximum atomic E-state index is 12.6. The molecule has 0 spiro atoms. The SMILES string of the molecule is Cc1ccc(C)c(OC2CCN(C(=O)[C@@H](N)Cc3ccccc3)CC2)c1.Cl. The third-order valence-electron chi connectivity index (χ3n) is 5.01. The van der Waals surface area contributed by atoms with Crippen LogP contribution < -0.4 is 10.5 Å². The molecule has 1 aliphatic heterocycles.